The van der Waals surface area contributed by atoms with E-state index in [0.717, 1.165) is 54.1 Å². The maximum atomic E-state index is 13.1. The highest BCUT2D eigenvalue weighted by atomic mass is 16.2. The van der Waals surface area contributed by atoms with Crippen LogP contribution in [-0.4, -0.2) is 36.7 Å². The molecule has 0 unspecified atom stereocenters. The van der Waals surface area contributed by atoms with Gasteiger partial charge in [0.1, 0.15) is 12.4 Å². The molecule has 1 amide bonds. The molecule has 0 radical (unpaired) electrons. The number of hydrogen-bond acceptors (Lipinski definition) is 3. The van der Waals surface area contributed by atoms with Gasteiger partial charge in [-0.2, -0.15) is 5.10 Å². The van der Waals surface area contributed by atoms with Crippen molar-refractivity contribution in [1.29, 1.82) is 0 Å². The average Bonchev–Trinajstić information content (AvgIpc) is 3.33. The van der Waals surface area contributed by atoms with Crippen molar-refractivity contribution in [2.45, 2.75) is 52.6 Å². The molecular formula is C21H27N5O. The first-order valence-electron chi connectivity index (χ1n) is 9.75. The fourth-order valence-corrected chi connectivity index (χ4v) is 4.41. The van der Waals surface area contributed by atoms with E-state index < -0.39 is 0 Å². The molecule has 142 valence electrons. The zero-order chi connectivity index (χ0) is 19.1. The van der Waals surface area contributed by atoms with E-state index in [2.05, 4.69) is 29.6 Å². The lowest BCUT2D eigenvalue weighted by atomic mass is 10.1. The number of para-hydroxylation sites is 2. The van der Waals surface area contributed by atoms with Crippen molar-refractivity contribution in [1.82, 2.24) is 24.2 Å². The molecular weight excluding hydrogens is 338 g/mol. The van der Waals surface area contributed by atoms with Crippen LogP contribution in [0.15, 0.2) is 24.3 Å². The van der Waals surface area contributed by atoms with Crippen LogP contribution in [-0.2, 0) is 24.8 Å². The topological polar surface area (TPSA) is 56.0 Å². The SMILES string of the molecule is CCc1c(C)nn(CC(=O)N2CCC[C@H]2c2nc3ccccc3n2C)c1C. The highest BCUT2D eigenvalue weighted by molar-refractivity contribution is 5.78. The van der Waals surface area contributed by atoms with E-state index in [1.54, 1.807) is 0 Å². The van der Waals surface area contributed by atoms with E-state index in [-0.39, 0.29) is 11.9 Å². The number of rotatable bonds is 4. The molecule has 1 atom stereocenters. The number of aryl methyl sites for hydroxylation is 2. The lowest BCUT2D eigenvalue weighted by Gasteiger charge is -2.24. The predicted molar refractivity (Wildman–Crippen MR) is 105 cm³/mol. The Balaban J connectivity index is 1.61. The van der Waals surface area contributed by atoms with Gasteiger partial charge >= 0.3 is 0 Å². The minimum Gasteiger partial charge on any atom is -0.331 e. The van der Waals surface area contributed by atoms with E-state index in [9.17, 15) is 4.79 Å². The first-order chi connectivity index (χ1) is 13.0. The molecule has 3 heterocycles. The highest BCUT2D eigenvalue weighted by Gasteiger charge is 2.33. The normalized spacial score (nSPS) is 17.2. The highest BCUT2D eigenvalue weighted by Crippen LogP contribution is 2.33. The summed E-state index contributed by atoms with van der Waals surface area (Å²) in [6, 6.07) is 8.18. The van der Waals surface area contributed by atoms with Crippen molar-refractivity contribution < 1.29 is 4.79 Å². The van der Waals surface area contributed by atoms with Crippen molar-refractivity contribution in [3.8, 4) is 0 Å². The second-order valence-electron chi connectivity index (χ2n) is 7.42. The summed E-state index contributed by atoms with van der Waals surface area (Å²) in [4.78, 5) is 19.9. The molecule has 27 heavy (non-hydrogen) atoms. The van der Waals surface area contributed by atoms with Gasteiger partial charge in [-0.25, -0.2) is 4.98 Å². The molecule has 0 spiro atoms. The van der Waals surface area contributed by atoms with E-state index in [1.165, 1.54) is 5.56 Å². The zero-order valence-corrected chi connectivity index (χ0v) is 16.6. The number of aromatic nitrogens is 4. The molecule has 1 aromatic carbocycles. The minimum absolute atomic E-state index is 0.0394. The molecule has 6 heteroatoms. The molecule has 1 fully saturated rings. The predicted octanol–water partition coefficient (Wildman–Crippen LogP) is 3.31. The number of hydrogen-bond donors (Lipinski definition) is 0. The maximum Gasteiger partial charge on any atom is 0.244 e. The number of amides is 1. The minimum atomic E-state index is 0.0394. The molecule has 0 saturated carbocycles. The van der Waals surface area contributed by atoms with Crippen LogP contribution in [0.25, 0.3) is 11.0 Å². The molecule has 3 aromatic rings. The molecule has 0 aliphatic carbocycles. The van der Waals surface area contributed by atoms with E-state index in [4.69, 9.17) is 4.98 Å². The van der Waals surface area contributed by atoms with Crippen LogP contribution in [0.5, 0.6) is 0 Å². The molecule has 1 aliphatic rings. The summed E-state index contributed by atoms with van der Waals surface area (Å²) in [5, 5.41) is 4.59. The van der Waals surface area contributed by atoms with Gasteiger partial charge in [0.2, 0.25) is 5.91 Å². The summed E-state index contributed by atoms with van der Waals surface area (Å²) in [7, 11) is 2.04. The van der Waals surface area contributed by atoms with Crippen molar-refractivity contribution in [2.24, 2.45) is 7.05 Å². The Morgan fingerprint density at radius 2 is 2.04 bits per heavy atom. The molecule has 6 nitrogen and oxygen atoms in total. The van der Waals surface area contributed by atoms with Crippen LogP contribution in [0, 0.1) is 13.8 Å². The summed E-state index contributed by atoms with van der Waals surface area (Å²) in [6.07, 6.45) is 2.91. The van der Waals surface area contributed by atoms with Gasteiger partial charge in [-0.1, -0.05) is 19.1 Å². The van der Waals surface area contributed by atoms with Crippen LogP contribution >= 0.6 is 0 Å². The van der Waals surface area contributed by atoms with Gasteiger partial charge in [-0.3, -0.25) is 9.48 Å². The summed E-state index contributed by atoms with van der Waals surface area (Å²) >= 11 is 0. The molecule has 2 aromatic heterocycles. The Labute approximate surface area is 159 Å². The van der Waals surface area contributed by atoms with E-state index >= 15 is 0 Å². The third-order valence-electron chi connectivity index (χ3n) is 5.86. The number of likely N-dealkylation sites (tertiary alicyclic amines) is 1. The fourth-order valence-electron chi connectivity index (χ4n) is 4.41. The van der Waals surface area contributed by atoms with Gasteiger partial charge in [0.25, 0.3) is 0 Å². The summed E-state index contributed by atoms with van der Waals surface area (Å²) in [5.41, 5.74) is 5.47. The largest absolute Gasteiger partial charge is 0.331 e. The summed E-state index contributed by atoms with van der Waals surface area (Å²) in [5.74, 6) is 1.10. The van der Waals surface area contributed by atoms with Crippen LogP contribution < -0.4 is 0 Å². The van der Waals surface area contributed by atoms with Crippen molar-refractivity contribution in [2.75, 3.05) is 6.54 Å². The molecule has 1 saturated heterocycles. The van der Waals surface area contributed by atoms with Crippen LogP contribution in [0.3, 0.4) is 0 Å². The second-order valence-corrected chi connectivity index (χ2v) is 7.42. The molecule has 1 aliphatic heterocycles. The standard InChI is InChI=1S/C21H27N5O/c1-5-16-14(2)23-26(15(16)3)13-20(27)25-12-8-11-19(25)21-22-17-9-6-7-10-18(17)24(21)4/h6-7,9-10,19H,5,8,11-13H2,1-4H3/t19-/m0/s1. The van der Waals surface area contributed by atoms with Crippen molar-refractivity contribution >= 4 is 16.9 Å². The smallest absolute Gasteiger partial charge is 0.244 e. The quantitative estimate of drug-likeness (QED) is 0.713. The lowest BCUT2D eigenvalue weighted by Crippen LogP contribution is -2.35. The average molecular weight is 365 g/mol. The Bertz CT molecular complexity index is 1000. The Hall–Kier alpha value is -2.63. The Kier molecular flexibility index (Phi) is 4.50. The van der Waals surface area contributed by atoms with Crippen molar-refractivity contribution in [3.63, 3.8) is 0 Å². The fraction of sp³-hybridized carbons (Fsp3) is 0.476. The van der Waals surface area contributed by atoms with Crippen molar-refractivity contribution in [3.05, 3.63) is 47.0 Å². The monoisotopic (exact) mass is 365 g/mol. The lowest BCUT2D eigenvalue weighted by molar-refractivity contribution is -0.133. The zero-order valence-electron chi connectivity index (χ0n) is 16.6. The maximum absolute atomic E-state index is 13.1. The summed E-state index contributed by atoms with van der Waals surface area (Å²) < 4.78 is 3.99. The number of fused-ring (bicyclic) bond motifs is 1. The van der Waals surface area contributed by atoms with Gasteiger partial charge in [0.05, 0.1) is 22.8 Å². The third-order valence-corrected chi connectivity index (χ3v) is 5.86. The van der Waals surface area contributed by atoms with Crippen LogP contribution in [0.4, 0.5) is 0 Å². The number of carbonyl (C=O) groups is 1. The molecule has 4 rings (SSSR count). The van der Waals surface area contributed by atoms with E-state index in [0.29, 0.717) is 6.54 Å². The third kappa shape index (κ3) is 2.93. The molecule has 0 bridgehead atoms. The van der Waals surface area contributed by atoms with Gasteiger partial charge in [-0.05, 0) is 50.8 Å². The first kappa shape index (κ1) is 17.8. The Morgan fingerprint density at radius 1 is 1.26 bits per heavy atom. The van der Waals surface area contributed by atoms with Gasteiger partial charge < -0.3 is 9.47 Å². The number of carbonyl (C=O) groups excluding carboxylic acids is 1. The van der Waals surface area contributed by atoms with Crippen LogP contribution in [0.1, 0.15) is 48.6 Å². The number of imidazole rings is 1. The first-order valence-corrected chi connectivity index (χ1v) is 9.75. The molecule has 0 N–H and O–H groups in total. The van der Waals surface area contributed by atoms with Gasteiger partial charge in [0, 0.05) is 19.3 Å². The van der Waals surface area contributed by atoms with Crippen LogP contribution in [0.2, 0.25) is 0 Å². The second kappa shape index (κ2) is 6.83. The van der Waals surface area contributed by atoms with E-state index in [1.807, 2.05) is 41.8 Å². The van der Waals surface area contributed by atoms with Gasteiger partial charge in [-0.15, -0.1) is 0 Å². The Morgan fingerprint density at radius 3 is 2.74 bits per heavy atom. The van der Waals surface area contributed by atoms with Gasteiger partial charge in [0.15, 0.2) is 0 Å². The number of nitrogens with zero attached hydrogens (tertiary/aromatic N) is 5. The number of benzene rings is 1. The summed E-state index contributed by atoms with van der Waals surface area (Å²) in [6.45, 7) is 7.29.